The van der Waals surface area contributed by atoms with Crippen molar-refractivity contribution in [3.8, 4) is 5.75 Å². The number of hydrogen-bond donors (Lipinski definition) is 1. The fourth-order valence-corrected chi connectivity index (χ4v) is 1.17. The van der Waals surface area contributed by atoms with Crippen molar-refractivity contribution in [3.63, 3.8) is 0 Å². The summed E-state index contributed by atoms with van der Waals surface area (Å²) >= 11 is 0. The van der Waals surface area contributed by atoms with Gasteiger partial charge in [-0.2, -0.15) is 0 Å². The Kier molecular flexibility index (Phi) is 3.45. The molecule has 1 rings (SSSR count). The Balaban J connectivity index is 3.14. The molecule has 0 radical (unpaired) electrons. The van der Waals surface area contributed by atoms with Crippen molar-refractivity contribution in [2.24, 2.45) is 5.16 Å². The second-order valence-corrected chi connectivity index (χ2v) is 2.85. The molecule has 0 fully saturated rings. The van der Waals surface area contributed by atoms with Gasteiger partial charge in [0.25, 0.3) is 0 Å². The first kappa shape index (κ1) is 10.5. The largest absolute Gasteiger partial charge is 0.496 e. The summed E-state index contributed by atoms with van der Waals surface area (Å²) < 4.78 is 17.5. The van der Waals surface area contributed by atoms with E-state index in [0.29, 0.717) is 22.6 Å². The predicted octanol–water partition coefficient (Wildman–Crippen LogP) is 2.36. The monoisotopic (exact) mass is 197 g/mol. The summed E-state index contributed by atoms with van der Waals surface area (Å²) in [6.45, 7) is 1.04. The summed E-state index contributed by atoms with van der Waals surface area (Å²) in [5, 5.41) is 11.6. The van der Waals surface area contributed by atoms with Crippen LogP contribution in [0, 0.1) is 0 Å². The van der Waals surface area contributed by atoms with Gasteiger partial charge in [-0.3, -0.25) is 0 Å². The Labute approximate surface area is 81.8 Å². The second kappa shape index (κ2) is 4.60. The minimum absolute atomic E-state index is 0.447. The van der Waals surface area contributed by atoms with Crippen LogP contribution >= 0.6 is 0 Å². The van der Waals surface area contributed by atoms with Gasteiger partial charge in [0.1, 0.15) is 12.4 Å². The number of nitrogens with zero attached hydrogens (tertiary/aromatic N) is 1. The van der Waals surface area contributed by atoms with Gasteiger partial charge in [0.05, 0.1) is 12.8 Å². The highest BCUT2D eigenvalue weighted by atomic mass is 19.1. The van der Waals surface area contributed by atoms with Gasteiger partial charge in [-0.25, -0.2) is 4.39 Å². The first-order chi connectivity index (χ1) is 6.72. The molecule has 0 spiro atoms. The molecule has 0 aromatic heterocycles. The molecule has 0 heterocycles. The van der Waals surface area contributed by atoms with Gasteiger partial charge in [-0.05, 0) is 30.7 Å². The summed E-state index contributed by atoms with van der Waals surface area (Å²) in [6.07, 6.45) is 0. The van der Waals surface area contributed by atoms with Crippen molar-refractivity contribution in [3.05, 3.63) is 29.3 Å². The molecule has 3 nitrogen and oxygen atoms in total. The van der Waals surface area contributed by atoms with Gasteiger partial charge in [-0.15, -0.1) is 0 Å². The summed E-state index contributed by atoms with van der Waals surface area (Å²) in [5.41, 5.74) is 1.58. The predicted molar refractivity (Wildman–Crippen MR) is 51.8 cm³/mol. The highest BCUT2D eigenvalue weighted by Crippen LogP contribution is 2.21. The topological polar surface area (TPSA) is 41.8 Å². The van der Waals surface area contributed by atoms with Crippen LogP contribution < -0.4 is 4.74 Å². The maximum absolute atomic E-state index is 12.5. The highest BCUT2D eigenvalue weighted by Gasteiger charge is 2.05. The van der Waals surface area contributed by atoms with Gasteiger partial charge in [0.15, 0.2) is 0 Å². The molecule has 1 N–H and O–H groups in total. The molecule has 1 aromatic rings. The number of rotatable bonds is 3. The molecular weight excluding hydrogens is 185 g/mol. The first-order valence-corrected chi connectivity index (χ1v) is 4.14. The van der Waals surface area contributed by atoms with E-state index in [9.17, 15) is 4.39 Å². The van der Waals surface area contributed by atoms with E-state index in [1.54, 1.807) is 25.1 Å². The van der Waals surface area contributed by atoms with Gasteiger partial charge in [-0.1, -0.05) is 5.16 Å². The summed E-state index contributed by atoms with van der Waals surface area (Å²) in [6, 6.07) is 4.97. The standard InChI is InChI=1S/C10H12FNO2/c1-7(12-13)8-3-4-10(14-2)9(5-8)6-11/h3-5,13H,6H2,1-2H3. The number of ether oxygens (including phenoxy) is 1. The highest BCUT2D eigenvalue weighted by molar-refractivity contribution is 5.98. The van der Waals surface area contributed by atoms with E-state index in [1.165, 1.54) is 7.11 Å². The van der Waals surface area contributed by atoms with Crippen LogP contribution in [0.1, 0.15) is 18.1 Å². The zero-order chi connectivity index (χ0) is 10.6. The lowest BCUT2D eigenvalue weighted by atomic mass is 10.1. The zero-order valence-electron chi connectivity index (χ0n) is 8.12. The maximum Gasteiger partial charge on any atom is 0.124 e. The van der Waals surface area contributed by atoms with Crippen LogP contribution in [-0.4, -0.2) is 18.0 Å². The van der Waals surface area contributed by atoms with Crippen molar-refractivity contribution in [1.82, 2.24) is 0 Å². The quantitative estimate of drug-likeness (QED) is 0.459. The number of alkyl halides is 1. The van der Waals surface area contributed by atoms with E-state index < -0.39 is 6.67 Å². The molecular formula is C10H12FNO2. The third-order valence-electron chi connectivity index (χ3n) is 1.99. The fraction of sp³-hybridized carbons (Fsp3) is 0.300. The van der Waals surface area contributed by atoms with Crippen molar-refractivity contribution < 1.29 is 14.3 Å². The number of benzene rings is 1. The normalized spacial score (nSPS) is 11.5. The van der Waals surface area contributed by atoms with Crippen LogP contribution in [-0.2, 0) is 6.67 Å². The summed E-state index contributed by atoms with van der Waals surface area (Å²) in [7, 11) is 1.49. The third-order valence-corrected chi connectivity index (χ3v) is 1.99. The molecule has 0 aliphatic carbocycles. The average Bonchev–Trinajstić information content (AvgIpc) is 2.26. The molecule has 0 bridgehead atoms. The van der Waals surface area contributed by atoms with Crippen molar-refractivity contribution in [2.45, 2.75) is 13.6 Å². The van der Waals surface area contributed by atoms with E-state index >= 15 is 0 Å². The Morgan fingerprint density at radius 1 is 1.57 bits per heavy atom. The van der Waals surface area contributed by atoms with Crippen molar-refractivity contribution in [1.29, 1.82) is 0 Å². The number of halogens is 1. The van der Waals surface area contributed by atoms with Crippen LogP contribution in [0.25, 0.3) is 0 Å². The van der Waals surface area contributed by atoms with E-state index in [0.717, 1.165) is 0 Å². The molecule has 1 aromatic carbocycles. The van der Waals surface area contributed by atoms with E-state index in [4.69, 9.17) is 9.94 Å². The fourth-order valence-electron chi connectivity index (χ4n) is 1.17. The van der Waals surface area contributed by atoms with Crippen LogP contribution in [0.2, 0.25) is 0 Å². The van der Waals surface area contributed by atoms with Gasteiger partial charge >= 0.3 is 0 Å². The lowest BCUT2D eigenvalue weighted by Gasteiger charge is -2.07. The summed E-state index contributed by atoms with van der Waals surface area (Å²) in [4.78, 5) is 0. The molecule has 14 heavy (non-hydrogen) atoms. The van der Waals surface area contributed by atoms with Gasteiger partial charge in [0.2, 0.25) is 0 Å². The Bertz CT molecular complexity index is 350. The average molecular weight is 197 g/mol. The molecule has 0 atom stereocenters. The molecule has 76 valence electrons. The van der Waals surface area contributed by atoms with Gasteiger partial charge < -0.3 is 9.94 Å². The van der Waals surface area contributed by atoms with Crippen molar-refractivity contribution >= 4 is 5.71 Å². The first-order valence-electron chi connectivity index (χ1n) is 4.14. The SMILES string of the molecule is COc1ccc(C(C)=NO)cc1CF. The van der Waals surface area contributed by atoms with Crippen molar-refractivity contribution in [2.75, 3.05) is 7.11 Å². The summed E-state index contributed by atoms with van der Waals surface area (Å²) in [5.74, 6) is 0.502. The number of oxime groups is 1. The van der Waals surface area contributed by atoms with E-state index in [1.807, 2.05) is 0 Å². The van der Waals surface area contributed by atoms with Crippen LogP contribution in [0.4, 0.5) is 4.39 Å². The zero-order valence-corrected chi connectivity index (χ0v) is 8.12. The molecule has 0 aliphatic rings. The molecule has 0 unspecified atom stereocenters. The van der Waals surface area contributed by atoms with Crippen LogP contribution in [0.5, 0.6) is 5.75 Å². The molecule has 0 amide bonds. The number of hydrogen-bond acceptors (Lipinski definition) is 3. The molecule has 0 saturated heterocycles. The third kappa shape index (κ3) is 2.02. The van der Waals surface area contributed by atoms with Crippen LogP contribution in [0.3, 0.4) is 0 Å². The Hall–Kier alpha value is -1.58. The van der Waals surface area contributed by atoms with Gasteiger partial charge in [0, 0.05) is 5.56 Å². The Morgan fingerprint density at radius 3 is 2.79 bits per heavy atom. The van der Waals surface area contributed by atoms with Crippen LogP contribution in [0.15, 0.2) is 23.4 Å². The maximum atomic E-state index is 12.5. The van der Waals surface area contributed by atoms with E-state index in [2.05, 4.69) is 5.16 Å². The second-order valence-electron chi connectivity index (χ2n) is 2.85. The molecule has 0 saturated carbocycles. The minimum Gasteiger partial charge on any atom is -0.496 e. The minimum atomic E-state index is -0.601. The lowest BCUT2D eigenvalue weighted by Crippen LogP contribution is -1.97. The lowest BCUT2D eigenvalue weighted by molar-refractivity contribution is 0.319. The Morgan fingerprint density at radius 2 is 2.29 bits per heavy atom. The number of methoxy groups -OCH3 is 1. The smallest absolute Gasteiger partial charge is 0.124 e. The van der Waals surface area contributed by atoms with E-state index in [-0.39, 0.29) is 0 Å². The molecule has 0 aliphatic heterocycles. The molecule has 4 heteroatoms.